The Hall–Kier alpha value is -3.76. The highest BCUT2D eigenvalue weighted by atomic mass is 32.2. The lowest BCUT2D eigenvalue weighted by Gasteiger charge is -2.23. The van der Waals surface area contributed by atoms with Gasteiger partial charge in [-0.25, -0.2) is 4.79 Å². The van der Waals surface area contributed by atoms with Crippen LogP contribution in [0, 0.1) is 10.1 Å². The lowest BCUT2D eigenvalue weighted by Crippen LogP contribution is -2.37. The van der Waals surface area contributed by atoms with Crippen molar-refractivity contribution >= 4 is 51.9 Å². The van der Waals surface area contributed by atoms with Gasteiger partial charge in [-0.1, -0.05) is 66.4 Å². The smallest absolute Gasteiger partial charge is 0.331 e. The molecule has 1 amide bonds. The normalized spacial score (nSPS) is 15.9. The van der Waals surface area contributed by atoms with Crippen LogP contribution in [0.2, 0.25) is 0 Å². The fourth-order valence-corrected chi connectivity index (χ4v) is 4.58. The van der Waals surface area contributed by atoms with E-state index in [1.807, 2.05) is 0 Å². The molecule has 0 saturated carbocycles. The second-order valence-electron chi connectivity index (χ2n) is 6.68. The van der Waals surface area contributed by atoms with Gasteiger partial charge in [-0.15, -0.1) is 0 Å². The van der Waals surface area contributed by atoms with Gasteiger partial charge in [0.25, 0.3) is 11.6 Å². The van der Waals surface area contributed by atoms with Gasteiger partial charge in [0, 0.05) is 12.1 Å². The number of hydrogen-bond donors (Lipinski definition) is 1. The zero-order valence-corrected chi connectivity index (χ0v) is 17.8. The Morgan fingerprint density at radius 1 is 1.12 bits per heavy atom. The van der Waals surface area contributed by atoms with E-state index in [0.29, 0.717) is 11.1 Å². The highest BCUT2D eigenvalue weighted by molar-refractivity contribution is 8.26. The monoisotopic (exact) mass is 466 g/mol. The van der Waals surface area contributed by atoms with E-state index in [4.69, 9.17) is 16.6 Å². The van der Waals surface area contributed by atoms with Gasteiger partial charge >= 0.3 is 5.97 Å². The van der Waals surface area contributed by atoms with E-state index in [2.05, 4.69) is 0 Å². The van der Waals surface area contributed by atoms with Crippen LogP contribution in [0.5, 0.6) is 0 Å². The number of furan rings is 1. The molecule has 0 unspecified atom stereocenters. The number of carbonyl (C=O) groups excluding carboxylic acids is 1. The van der Waals surface area contributed by atoms with Crippen molar-refractivity contribution in [1.29, 1.82) is 0 Å². The lowest BCUT2D eigenvalue weighted by molar-refractivity contribution is -0.384. The maximum Gasteiger partial charge on any atom is 0.331 e. The van der Waals surface area contributed by atoms with Gasteiger partial charge in [0.15, 0.2) is 6.04 Å². The van der Waals surface area contributed by atoms with Crippen LogP contribution in [0.3, 0.4) is 0 Å². The number of nitro groups is 1. The molecule has 1 aliphatic rings. The topological polar surface area (TPSA) is 114 Å². The number of thiocarbonyl (C=S) groups is 1. The summed E-state index contributed by atoms with van der Waals surface area (Å²) in [5.41, 5.74) is 0.626. The maximum absolute atomic E-state index is 13.0. The van der Waals surface area contributed by atoms with Gasteiger partial charge in [0.1, 0.15) is 15.8 Å². The van der Waals surface area contributed by atoms with Crippen LogP contribution in [-0.2, 0) is 9.59 Å². The van der Waals surface area contributed by atoms with E-state index in [9.17, 15) is 24.8 Å². The third kappa shape index (κ3) is 4.05. The first-order valence-corrected chi connectivity index (χ1v) is 10.5. The number of benzene rings is 2. The van der Waals surface area contributed by atoms with Crippen LogP contribution in [0.1, 0.15) is 17.4 Å². The number of rotatable bonds is 6. The zero-order valence-electron chi connectivity index (χ0n) is 16.2. The summed E-state index contributed by atoms with van der Waals surface area (Å²) in [4.78, 5) is 37.0. The fourth-order valence-electron chi connectivity index (χ4n) is 3.29. The van der Waals surface area contributed by atoms with Crippen molar-refractivity contribution in [2.45, 2.75) is 6.04 Å². The van der Waals surface area contributed by atoms with Crippen molar-refractivity contribution < 1.29 is 24.0 Å². The summed E-state index contributed by atoms with van der Waals surface area (Å²) in [5.74, 6) is -1.21. The van der Waals surface area contributed by atoms with Gasteiger partial charge in [0.2, 0.25) is 0 Å². The molecule has 1 aliphatic heterocycles. The van der Waals surface area contributed by atoms with Gasteiger partial charge in [0.05, 0.1) is 15.4 Å². The number of carboxylic acids is 1. The minimum atomic E-state index is -1.26. The minimum Gasteiger partial charge on any atom is -0.479 e. The molecule has 0 aliphatic carbocycles. The Bertz CT molecular complexity index is 1270. The molecular formula is C22H14N2O6S2. The van der Waals surface area contributed by atoms with Crippen molar-refractivity contribution in [2.24, 2.45) is 0 Å². The van der Waals surface area contributed by atoms with E-state index in [-0.39, 0.29) is 26.4 Å². The van der Waals surface area contributed by atoms with Crippen molar-refractivity contribution in [3.63, 3.8) is 0 Å². The molecule has 8 nitrogen and oxygen atoms in total. The summed E-state index contributed by atoms with van der Waals surface area (Å²) in [6, 6.07) is 16.4. The molecule has 1 aromatic heterocycles. The second kappa shape index (κ2) is 8.77. The number of nitrogens with zero attached hydrogens (tertiary/aromatic N) is 2. The molecule has 160 valence electrons. The van der Waals surface area contributed by atoms with E-state index >= 15 is 0 Å². The summed E-state index contributed by atoms with van der Waals surface area (Å²) in [6.07, 6.45) is 1.45. The molecule has 10 heteroatoms. The molecule has 3 aromatic rings. The number of carbonyl (C=O) groups is 2. The second-order valence-corrected chi connectivity index (χ2v) is 8.36. The highest BCUT2D eigenvalue weighted by Gasteiger charge is 2.41. The van der Waals surface area contributed by atoms with Crippen LogP contribution in [0.25, 0.3) is 17.4 Å². The molecule has 2 heterocycles. The van der Waals surface area contributed by atoms with Crippen LogP contribution in [-0.4, -0.2) is 31.1 Å². The van der Waals surface area contributed by atoms with E-state index < -0.39 is 22.8 Å². The molecule has 1 saturated heterocycles. The highest BCUT2D eigenvalue weighted by Crippen LogP contribution is 2.39. The molecule has 0 spiro atoms. The third-order valence-corrected chi connectivity index (χ3v) is 6.03. The number of carboxylic acid groups (broad SMARTS) is 1. The first kappa shape index (κ1) is 21.5. The molecule has 0 radical (unpaired) electrons. The summed E-state index contributed by atoms with van der Waals surface area (Å²) < 4.78 is 5.82. The first-order valence-electron chi connectivity index (χ1n) is 9.25. The molecule has 32 heavy (non-hydrogen) atoms. The van der Waals surface area contributed by atoms with Gasteiger partial charge in [-0.2, -0.15) is 0 Å². The van der Waals surface area contributed by atoms with Crippen LogP contribution >= 0.6 is 24.0 Å². The first-order chi connectivity index (χ1) is 15.4. The Balaban J connectivity index is 1.65. The van der Waals surface area contributed by atoms with E-state index in [1.165, 1.54) is 12.1 Å². The van der Waals surface area contributed by atoms with Crippen molar-refractivity contribution in [3.05, 3.63) is 93.1 Å². The van der Waals surface area contributed by atoms with Crippen molar-refractivity contribution in [1.82, 2.24) is 4.90 Å². The van der Waals surface area contributed by atoms with Crippen molar-refractivity contribution in [3.8, 4) is 11.3 Å². The Kier molecular flexibility index (Phi) is 5.89. The van der Waals surface area contributed by atoms with Crippen LogP contribution < -0.4 is 0 Å². The quantitative estimate of drug-likeness (QED) is 0.237. The molecular weight excluding hydrogens is 452 g/mol. The van der Waals surface area contributed by atoms with E-state index in [0.717, 1.165) is 16.7 Å². The summed E-state index contributed by atoms with van der Waals surface area (Å²) in [6.45, 7) is 0. The number of para-hydroxylation sites is 1. The largest absolute Gasteiger partial charge is 0.479 e. The third-order valence-electron chi connectivity index (χ3n) is 4.70. The molecule has 1 atom stereocenters. The van der Waals surface area contributed by atoms with Crippen LogP contribution in [0.4, 0.5) is 5.69 Å². The number of nitro benzene ring substituents is 1. The molecule has 1 fully saturated rings. The standard InChI is InChI=1S/C22H14N2O6S2/c25-20-18(32-22(31)23(20)19(21(26)27)13-6-2-1-3-7-13)12-14-10-11-17(30-14)15-8-4-5-9-16(15)24(28)29/h1-12,19H,(H,26,27)/b18-12+/t19-/m0/s1. The summed E-state index contributed by atoms with van der Waals surface area (Å²) in [5, 5.41) is 21.0. The molecule has 0 bridgehead atoms. The zero-order chi connectivity index (χ0) is 22.8. The molecule has 2 aromatic carbocycles. The maximum atomic E-state index is 13.0. The van der Waals surface area contributed by atoms with Gasteiger partial charge < -0.3 is 9.52 Å². The Morgan fingerprint density at radius 3 is 2.50 bits per heavy atom. The fraction of sp³-hybridized carbons (Fsp3) is 0.0455. The van der Waals surface area contributed by atoms with Crippen LogP contribution in [0.15, 0.2) is 76.1 Å². The average molecular weight is 466 g/mol. The Morgan fingerprint density at radius 2 is 1.81 bits per heavy atom. The van der Waals surface area contributed by atoms with E-state index in [1.54, 1.807) is 60.7 Å². The van der Waals surface area contributed by atoms with Gasteiger partial charge in [-0.3, -0.25) is 19.8 Å². The minimum absolute atomic E-state index is 0.105. The number of aliphatic carboxylic acids is 1. The molecule has 1 N–H and O–H groups in total. The average Bonchev–Trinajstić information content (AvgIpc) is 3.35. The predicted molar refractivity (Wildman–Crippen MR) is 123 cm³/mol. The Labute approximate surface area is 191 Å². The molecule has 4 rings (SSSR count). The number of hydrogen-bond acceptors (Lipinski definition) is 7. The summed E-state index contributed by atoms with van der Waals surface area (Å²) in [7, 11) is 0. The van der Waals surface area contributed by atoms with Crippen molar-refractivity contribution in [2.75, 3.05) is 0 Å². The number of thioether (sulfide) groups is 1. The summed E-state index contributed by atoms with van der Waals surface area (Å²) >= 11 is 6.26. The number of amides is 1. The van der Waals surface area contributed by atoms with Gasteiger partial charge in [-0.05, 0) is 23.8 Å². The lowest BCUT2D eigenvalue weighted by atomic mass is 10.1. The SMILES string of the molecule is O=C(O)[C@H](c1ccccc1)N1C(=O)/C(=C\c2ccc(-c3ccccc3[N+](=O)[O-])o2)SC1=S. The predicted octanol–water partition coefficient (Wildman–Crippen LogP) is 4.88.